The number of nitrogens with zero attached hydrogens (tertiary/aromatic N) is 1. The highest BCUT2D eigenvalue weighted by Crippen LogP contribution is 2.30. The number of rotatable bonds is 3. The molecule has 0 unspecified atom stereocenters. The number of nitrogens with one attached hydrogen (secondary N) is 1. The Balaban J connectivity index is 0.00000147. The molecule has 3 rings (SSSR count). The Hall–Kier alpha value is -1.36. The van der Waals surface area contributed by atoms with Crippen molar-refractivity contribution < 1.29 is 8.81 Å². The maximum Gasteiger partial charge on any atom is 0.128 e. The first-order valence-electron chi connectivity index (χ1n) is 6.59. The number of benzene rings is 1. The lowest BCUT2D eigenvalue weighted by molar-refractivity contribution is 0.177. The molecule has 5 heteroatoms. The van der Waals surface area contributed by atoms with Gasteiger partial charge in [-0.25, -0.2) is 4.39 Å². The lowest BCUT2D eigenvalue weighted by atomic mass is 10.0. The average molecular weight is 297 g/mol. The van der Waals surface area contributed by atoms with E-state index in [0.717, 1.165) is 31.9 Å². The van der Waals surface area contributed by atoms with E-state index >= 15 is 0 Å². The van der Waals surface area contributed by atoms with Crippen LogP contribution in [0.15, 0.2) is 47.1 Å². The number of piperazine rings is 1. The van der Waals surface area contributed by atoms with Crippen LogP contribution in [0.1, 0.15) is 17.4 Å². The minimum atomic E-state index is -0.178. The second-order valence-corrected chi connectivity index (χ2v) is 4.73. The van der Waals surface area contributed by atoms with E-state index in [4.69, 9.17) is 4.42 Å². The fourth-order valence-corrected chi connectivity index (χ4v) is 2.61. The summed E-state index contributed by atoms with van der Waals surface area (Å²) in [7, 11) is 0. The zero-order valence-corrected chi connectivity index (χ0v) is 11.9. The zero-order valence-electron chi connectivity index (χ0n) is 11.1. The molecule has 108 valence electrons. The summed E-state index contributed by atoms with van der Waals surface area (Å²) in [6.07, 6.45) is 1.64. The minimum Gasteiger partial charge on any atom is -0.467 e. The van der Waals surface area contributed by atoms with E-state index in [-0.39, 0.29) is 24.3 Å². The topological polar surface area (TPSA) is 28.4 Å². The number of hydrogen-bond acceptors (Lipinski definition) is 3. The van der Waals surface area contributed by atoms with Crippen molar-refractivity contribution in [3.63, 3.8) is 0 Å². The molecule has 1 fully saturated rings. The van der Waals surface area contributed by atoms with Crippen LogP contribution in [0.4, 0.5) is 4.39 Å². The van der Waals surface area contributed by atoms with Crippen LogP contribution in [0.2, 0.25) is 0 Å². The molecule has 0 spiro atoms. The molecule has 3 nitrogen and oxygen atoms in total. The fraction of sp³-hybridized carbons (Fsp3) is 0.333. The summed E-state index contributed by atoms with van der Waals surface area (Å²) < 4.78 is 19.6. The number of halogens is 2. The van der Waals surface area contributed by atoms with Gasteiger partial charge in [0.2, 0.25) is 0 Å². The van der Waals surface area contributed by atoms with Crippen molar-refractivity contribution >= 4 is 12.4 Å². The Morgan fingerprint density at radius 2 is 1.85 bits per heavy atom. The first-order chi connectivity index (χ1) is 9.36. The van der Waals surface area contributed by atoms with Gasteiger partial charge in [-0.2, -0.15) is 0 Å². The summed E-state index contributed by atoms with van der Waals surface area (Å²) in [5, 5.41) is 3.31. The predicted octanol–water partition coefficient (Wildman–Crippen LogP) is 2.84. The average Bonchev–Trinajstić information content (AvgIpc) is 2.96. The number of furan rings is 1. The Morgan fingerprint density at radius 1 is 1.10 bits per heavy atom. The molecule has 0 aliphatic carbocycles. The van der Waals surface area contributed by atoms with E-state index in [1.165, 1.54) is 6.07 Å². The molecule has 20 heavy (non-hydrogen) atoms. The van der Waals surface area contributed by atoms with Crippen molar-refractivity contribution in [2.75, 3.05) is 26.2 Å². The van der Waals surface area contributed by atoms with E-state index in [0.29, 0.717) is 5.56 Å². The summed E-state index contributed by atoms with van der Waals surface area (Å²) in [6, 6.07) is 10.6. The first-order valence-corrected chi connectivity index (χ1v) is 6.59. The van der Waals surface area contributed by atoms with Gasteiger partial charge in [-0.1, -0.05) is 18.2 Å². The molecule has 1 saturated heterocycles. The molecule has 1 atom stereocenters. The molecule has 1 aromatic carbocycles. The fourth-order valence-electron chi connectivity index (χ4n) is 2.61. The molecule has 2 heterocycles. The number of hydrogen-bond donors (Lipinski definition) is 1. The highest BCUT2D eigenvalue weighted by Gasteiger charge is 2.27. The van der Waals surface area contributed by atoms with Gasteiger partial charge < -0.3 is 9.73 Å². The standard InChI is InChI=1S/C15H17FN2O.ClH/c16-13-5-2-1-4-12(13)15(14-6-3-11-19-14)18-9-7-17-8-10-18;/h1-6,11,15,17H,7-10H2;1H/t15-;/m0./s1. The highest BCUT2D eigenvalue weighted by molar-refractivity contribution is 5.85. The van der Waals surface area contributed by atoms with E-state index in [1.54, 1.807) is 12.3 Å². The first kappa shape index (κ1) is 15.0. The molecular weight excluding hydrogens is 279 g/mol. The van der Waals surface area contributed by atoms with Gasteiger partial charge in [-0.05, 0) is 18.2 Å². The van der Waals surface area contributed by atoms with Crippen molar-refractivity contribution in [2.24, 2.45) is 0 Å². The molecule has 1 aromatic heterocycles. The van der Waals surface area contributed by atoms with Crippen molar-refractivity contribution in [1.29, 1.82) is 0 Å². The van der Waals surface area contributed by atoms with Crippen molar-refractivity contribution in [1.82, 2.24) is 10.2 Å². The van der Waals surface area contributed by atoms with Crippen LogP contribution in [0, 0.1) is 5.82 Å². The smallest absolute Gasteiger partial charge is 0.128 e. The third-order valence-corrected chi connectivity index (χ3v) is 3.53. The van der Waals surface area contributed by atoms with Gasteiger partial charge in [-0.15, -0.1) is 12.4 Å². The molecule has 1 aliphatic rings. The van der Waals surface area contributed by atoms with Crippen molar-refractivity contribution in [3.8, 4) is 0 Å². The van der Waals surface area contributed by atoms with Crippen molar-refractivity contribution in [3.05, 3.63) is 59.8 Å². The van der Waals surface area contributed by atoms with Crippen LogP contribution < -0.4 is 5.32 Å². The molecule has 0 saturated carbocycles. The van der Waals surface area contributed by atoms with E-state index in [2.05, 4.69) is 10.2 Å². The third kappa shape index (κ3) is 3.03. The van der Waals surface area contributed by atoms with Gasteiger partial charge in [-0.3, -0.25) is 4.90 Å². The summed E-state index contributed by atoms with van der Waals surface area (Å²) >= 11 is 0. The van der Waals surface area contributed by atoms with Crippen LogP contribution in [-0.2, 0) is 0 Å². The van der Waals surface area contributed by atoms with Gasteiger partial charge in [0.15, 0.2) is 0 Å². The molecule has 2 aromatic rings. The van der Waals surface area contributed by atoms with Gasteiger partial charge in [0.05, 0.1) is 12.3 Å². The van der Waals surface area contributed by atoms with Crippen LogP contribution in [0.5, 0.6) is 0 Å². The SMILES string of the molecule is Cl.Fc1ccccc1[C@@H](c1ccco1)N1CCNCC1. The summed E-state index contributed by atoms with van der Waals surface area (Å²) in [5.41, 5.74) is 0.680. The van der Waals surface area contributed by atoms with Crippen LogP contribution in [0.25, 0.3) is 0 Å². The largest absolute Gasteiger partial charge is 0.467 e. The molecule has 0 radical (unpaired) electrons. The molecule has 1 N–H and O–H groups in total. The van der Waals surface area contributed by atoms with Crippen molar-refractivity contribution in [2.45, 2.75) is 6.04 Å². The normalized spacial score (nSPS) is 17.4. The molecule has 0 amide bonds. The van der Waals surface area contributed by atoms with Crippen LogP contribution in [0.3, 0.4) is 0 Å². The van der Waals surface area contributed by atoms with Crippen LogP contribution >= 0.6 is 12.4 Å². The Morgan fingerprint density at radius 3 is 2.50 bits per heavy atom. The van der Waals surface area contributed by atoms with Gasteiger partial charge in [0.1, 0.15) is 11.6 Å². The van der Waals surface area contributed by atoms with Gasteiger partial charge in [0, 0.05) is 31.7 Å². The summed E-state index contributed by atoms with van der Waals surface area (Å²) in [5.74, 6) is 0.620. The second kappa shape index (κ2) is 6.88. The Kier molecular flexibility index (Phi) is 5.17. The Labute approximate surface area is 124 Å². The predicted molar refractivity (Wildman–Crippen MR) is 78.6 cm³/mol. The maximum atomic E-state index is 14.1. The van der Waals surface area contributed by atoms with Gasteiger partial charge >= 0.3 is 0 Å². The zero-order chi connectivity index (χ0) is 13.1. The van der Waals surface area contributed by atoms with Crippen LogP contribution in [-0.4, -0.2) is 31.1 Å². The quantitative estimate of drug-likeness (QED) is 0.944. The van der Waals surface area contributed by atoms with E-state index in [1.807, 2.05) is 24.3 Å². The summed E-state index contributed by atoms with van der Waals surface area (Å²) in [4.78, 5) is 2.26. The molecule has 1 aliphatic heterocycles. The molecular formula is C15H18ClFN2O. The maximum absolute atomic E-state index is 14.1. The lowest BCUT2D eigenvalue weighted by Gasteiger charge is -2.34. The molecule has 0 bridgehead atoms. The lowest BCUT2D eigenvalue weighted by Crippen LogP contribution is -2.45. The minimum absolute atomic E-state index is 0. The second-order valence-electron chi connectivity index (χ2n) is 4.73. The Bertz CT molecular complexity index is 526. The third-order valence-electron chi connectivity index (χ3n) is 3.53. The van der Waals surface area contributed by atoms with E-state index in [9.17, 15) is 4.39 Å². The van der Waals surface area contributed by atoms with Gasteiger partial charge in [0.25, 0.3) is 0 Å². The summed E-state index contributed by atoms with van der Waals surface area (Å²) in [6.45, 7) is 3.62. The highest BCUT2D eigenvalue weighted by atomic mass is 35.5. The monoisotopic (exact) mass is 296 g/mol. The van der Waals surface area contributed by atoms with E-state index < -0.39 is 0 Å².